The monoisotopic (exact) mass is 352 g/mol. The summed E-state index contributed by atoms with van der Waals surface area (Å²) in [4.78, 5) is 33.5. The highest BCUT2D eigenvalue weighted by Gasteiger charge is 2.22. The minimum atomic E-state index is -0.810. The van der Waals surface area contributed by atoms with E-state index in [1.54, 1.807) is 18.2 Å². The average molecular weight is 352 g/mol. The van der Waals surface area contributed by atoms with Crippen LogP contribution in [0.1, 0.15) is 65.2 Å². The molecule has 0 aliphatic rings. The fourth-order valence-electron chi connectivity index (χ4n) is 2.62. The third-order valence-corrected chi connectivity index (χ3v) is 4.12. The Labute approximate surface area is 150 Å². The highest BCUT2D eigenvalue weighted by Crippen LogP contribution is 2.21. The molecule has 0 unspecified atom stereocenters. The van der Waals surface area contributed by atoms with Gasteiger partial charge in [0.05, 0.1) is 6.10 Å². The molecule has 0 radical (unpaired) electrons. The summed E-state index contributed by atoms with van der Waals surface area (Å²) in [5.74, 6) is -1.62. The molecule has 0 aliphatic heterocycles. The van der Waals surface area contributed by atoms with Crippen molar-refractivity contribution < 1.29 is 24.6 Å². The lowest BCUT2D eigenvalue weighted by Crippen LogP contribution is -2.22. The van der Waals surface area contributed by atoms with Crippen LogP contribution in [0.5, 0.6) is 0 Å². The molecule has 0 saturated heterocycles. The van der Waals surface area contributed by atoms with E-state index in [4.69, 9.17) is 5.11 Å². The van der Waals surface area contributed by atoms with Gasteiger partial charge in [-0.2, -0.15) is 0 Å². The second-order valence-corrected chi connectivity index (χ2v) is 6.37. The Morgan fingerprint density at radius 1 is 1.08 bits per heavy atom. The Hall–Kier alpha value is -1.75. The summed E-state index contributed by atoms with van der Waals surface area (Å²) in [6.45, 7) is 3.60. The van der Waals surface area contributed by atoms with Gasteiger partial charge in [0, 0.05) is 18.3 Å². The number of aldehydes is 1. The van der Waals surface area contributed by atoms with Gasteiger partial charge in [0.15, 0.2) is 0 Å². The quantitative estimate of drug-likeness (QED) is 0.266. The number of rotatable bonds is 15. The van der Waals surface area contributed by atoms with Crippen LogP contribution in [0.15, 0.2) is 24.3 Å². The number of unbranched alkanes of at least 4 members (excludes halogenated alkanes) is 3. The van der Waals surface area contributed by atoms with Gasteiger partial charge in [-0.25, -0.2) is 0 Å². The second kappa shape index (κ2) is 14.6. The molecule has 0 heterocycles. The van der Waals surface area contributed by atoms with E-state index in [-0.39, 0.29) is 18.1 Å². The fraction of sp³-hybridized carbons (Fsp3) is 0.650. The molecule has 5 heteroatoms. The van der Waals surface area contributed by atoms with Crippen LogP contribution >= 0.6 is 0 Å². The fourth-order valence-corrected chi connectivity index (χ4v) is 2.62. The van der Waals surface area contributed by atoms with Gasteiger partial charge in [0.25, 0.3) is 0 Å². The maximum absolute atomic E-state index is 11.8. The Morgan fingerprint density at radius 2 is 1.80 bits per heavy atom. The molecule has 0 bridgehead atoms. The van der Waals surface area contributed by atoms with Gasteiger partial charge in [-0.05, 0) is 32.6 Å². The molecule has 3 atom stereocenters. The van der Waals surface area contributed by atoms with Gasteiger partial charge in [-0.15, -0.1) is 0 Å². The van der Waals surface area contributed by atoms with Crippen LogP contribution in [0.25, 0.3) is 0 Å². The molecule has 2 N–H and O–H groups in total. The summed E-state index contributed by atoms with van der Waals surface area (Å²) >= 11 is 0. The predicted molar refractivity (Wildman–Crippen MR) is 98.3 cm³/mol. The van der Waals surface area contributed by atoms with Gasteiger partial charge in [-0.1, -0.05) is 50.5 Å². The van der Waals surface area contributed by atoms with Crippen molar-refractivity contribution in [3.05, 3.63) is 24.3 Å². The van der Waals surface area contributed by atoms with E-state index in [2.05, 4.69) is 6.92 Å². The van der Waals surface area contributed by atoms with Crippen molar-refractivity contribution in [2.45, 2.75) is 71.3 Å². The van der Waals surface area contributed by atoms with Crippen LogP contribution < -0.4 is 0 Å². The van der Waals surface area contributed by atoms with E-state index in [9.17, 15) is 19.5 Å². The summed E-state index contributed by atoms with van der Waals surface area (Å²) in [5, 5.41) is 18.5. The van der Waals surface area contributed by atoms with E-state index in [1.165, 1.54) is 6.92 Å². The van der Waals surface area contributed by atoms with E-state index >= 15 is 0 Å². The zero-order valence-corrected chi connectivity index (χ0v) is 15.4. The number of carbonyl (C=O) groups excluding carboxylic acids is 2. The number of hydrogen-bond acceptors (Lipinski definition) is 4. The highest BCUT2D eigenvalue weighted by molar-refractivity contribution is 5.82. The number of carboxylic acid groups (broad SMARTS) is 1. The smallest absolute Gasteiger partial charge is 0.303 e. The number of carboxylic acids is 1. The Morgan fingerprint density at radius 3 is 2.36 bits per heavy atom. The molecular formula is C20H32O5. The summed E-state index contributed by atoms with van der Waals surface area (Å²) < 4.78 is 0. The van der Waals surface area contributed by atoms with Crippen molar-refractivity contribution in [1.82, 2.24) is 0 Å². The van der Waals surface area contributed by atoms with Gasteiger partial charge < -0.3 is 15.0 Å². The Bertz CT molecular complexity index is 453. The van der Waals surface area contributed by atoms with Crippen LogP contribution in [0.2, 0.25) is 0 Å². The SMILES string of the molecule is CCCCC[C@@H](C(C)=O)[C@@H](C=O)/C=C/[C@@H](O)C/C=C\CCCC(=O)O. The zero-order chi connectivity index (χ0) is 19.1. The normalized spacial score (nSPS) is 15.3. The number of ketones is 1. The summed E-state index contributed by atoms with van der Waals surface area (Å²) in [7, 11) is 0. The molecule has 0 spiro atoms. The maximum Gasteiger partial charge on any atom is 0.303 e. The number of Topliss-reactive ketones (excluding diaryl/α,β-unsaturated/α-hetero) is 1. The number of aliphatic hydroxyl groups excluding tert-OH is 1. The van der Waals surface area contributed by atoms with Crippen molar-refractivity contribution in [2.24, 2.45) is 11.8 Å². The van der Waals surface area contributed by atoms with Crippen molar-refractivity contribution >= 4 is 18.0 Å². The lowest BCUT2D eigenvalue weighted by molar-refractivity contribution is -0.137. The number of aliphatic hydroxyl groups is 1. The van der Waals surface area contributed by atoms with Gasteiger partial charge in [0.2, 0.25) is 0 Å². The number of allylic oxidation sites excluding steroid dienone is 2. The number of aliphatic carboxylic acids is 1. The standard InChI is InChI=1S/C20H32O5/c1-3-4-7-11-19(16(2)22)17(15-21)13-14-18(23)10-8-5-6-9-12-20(24)25/h5,8,13-15,17-19,23H,3-4,6-7,9-12H2,1-2H3,(H,24,25)/b8-5-,14-13+/t17-,18+,19+/m1/s1. The first-order chi connectivity index (χ1) is 11.9. The van der Waals surface area contributed by atoms with Gasteiger partial charge in [-0.3, -0.25) is 9.59 Å². The topological polar surface area (TPSA) is 91.7 Å². The molecule has 142 valence electrons. The second-order valence-electron chi connectivity index (χ2n) is 6.37. The van der Waals surface area contributed by atoms with Gasteiger partial charge >= 0.3 is 5.97 Å². The van der Waals surface area contributed by atoms with Crippen molar-refractivity contribution in [2.75, 3.05) is 0 Å². The molecule has 0 saturated carbocycles. The lowest BCUT2D eigenvalue weighted by atomic mass is 9.85. The summed E-state index contributed by atoms with van der Waals surface area (Å²) in [5.41, 5.74) is 0. The summed E-state index contributed by atoms with van der Waals surface area (Å²) in [6.07, 6.45) is 12.4. The third-order valence-electron chi connectivity index (χ3n) is 4.12. The lowest BCUT2D eigenvalue weighted by Gasteiger charge is -2.17. The average Bonchev–Trinajstić information content (AvgIpc) is 2.56. The van der Waals surface area contributed by atoms with E-state index in [0.717, 1.165) is 25.5 Å². The first-order valence-corrected chi connectivity index (χ1v) is 9.11. The molecule has 0 amide bonds. The minimum absolute atomic E-state index is 0.00525. The van der Waals surface area contributed by atoms with E-state index in [0.29, 0.717) is 25.7 Å². The Balaban J connectivity index is 4.40. The molecule has 0 rings (SSSR count). The third kappa shape index (κ3) is 12.3. The minimum Gasteiger partial charge on any atom is -0.481 e. The molecule has 0 aromatic rings. The molecule has 0 aliphatic carbocycles. The largest absolute Gasteiger partial charge is 0.481 e. The van der Waals surface area contributed by atoms with Crippen LogP contribution in [0, 0.1) is 11.8 Å². The zero-order valence-electron chi connectivity index (χ0n) is 15.4. The number of hydrogen-bond donors (Lipinski definition) is 2. The first-order valence-electron chi connectivity index (χ1n) is 9.11. The molecule has 0 aromatic heterocycles. The van der Waals surface area contributed by atoms with Crippen LogP contribution in [0.3, 0.4) is 0 Å². The molecular weight excluding hydrogens is 320 g/mol. The van der Waals surface area contributed by atoms with Crippen molar-refractivity contribution in [3.63, 3.8) is 0 Å². The predicted octanol–water partition coefficient (Wildman–Crippen LogP) is 3.71. The van der Waals surface area contributed by atoms with Crippen molar-refractivity contribution in [3.8, 4) is 0 Å². The van der Waals surface area contributed by atoms with Crippen LogP contribution in [-0.4, -0.2) is 34.4 Å². The Kier molecular flexibility index (Phi) is 13.6. The molecule has 25 heavy (non-hydrogen) atoms. The highest BCUT2D eigenvalue weighted by atomic mass is 16.4. The number of carbonyl (C=O) groups is 3. The van der Waals surface area contributed by atoms with Crippen LogP contribution in [0.4, 0.5) is 0 Å². The first kappa shape index (κ1) is 23.2. The van der Waals surface area contributed by atoms with Crippen LogP contribution in [-0.2, 0) is 14.4 Å². The molecule has 0 fully saturated rings. The maximum atomic E-state index is 11.8. The molecule has 5 nitrogen and oxygen atoms in total. The summed E-state index contributed by atoms with van der Waals surface area (Å²) in [6, 6.07) is 0. The van der Waals surface area contributed by atoms with E-state index in [1.807, 2.05) is 6.08 Å². The molecule has 0 aromatic carbocycles. The van der Waals surface area contributed by atoms with Crippen molar-refractivity contribution in [1.29, 1.82) is 0 Å². The van der Waals surface area contributed by atoms with Gasteiger partial charge in [0.1, 0.15) is 12.1 Å². The van der Waals surface area contributed by atoms with E-state index < -0.39 is 18.0 Å².